The van der Waals surface area contributed by atoms with Crippen molar-refractivity contribution in [2.75, 3.05) is 19.1 Å². The predicted molar refractivity (Wildman–Crippen MR) is 94.5 cm³/mol. The number of hydrogen-bond donors (Lipinski definition) is 1. The number of hydrogen-bond acceptors (Lipinski definition) is 3. The van der Waals surface area contributed by atoms with E-state index in [-0.39, 0.29) is 23.9 Å². The van der Waals surface area contributed by atoms with E-state index < -0.39 is 9.84 Å². The Kier molecular flexibility index (Phi) is 6.62. The molecular weight excluding hydrogens is 312 g/mol. The molecule has 5 nitrogen and oxygen atoms in total. The van der Waals surface area contributed by atoms with Crippen molar-refractivity contribution in [2.45, 2.75) is 46.2 Å². The van der Waals surface area contributed by atoms with Crippen molar-refractivity contribution in [1.82, 2.24) is 10.2 Å². The topological polar surface area (TPSA) is 66.5 Å². The molecule has 1 N–H and O–H groups in total. The maximum Gasteiger partial charge on any atom is 0.317 e. The summed E-state index contributed by atoms with van der Waals surface area (Å²) >= 11 is 0. The van der Waals surface area contributed by atoms with E-state index in [0.717, 1.165) is 6.42 Å². The number of rotatable bonds is 6. The van der Waals surface area contributed by atoms with E-state index in [1.807, 2.05) is 6.92 Å². The van der Waals surface area contributed by atoms with Crippen LogP contribution in [0.2, 0.25) is 0 Å². The van der Waals surface area contributed by atoms with Gasteiger partial charge in [-0.05, 0) is 39.7 Å². The second-order valence-corrected chi connectivity index (χ2v) is 8.79. The zero-order chi connectivity index (χ0) is 17.8. The van der Waals surface area contributed by atoms with Gasteiger partial charge in [0.15, 0.2) is 0 Å². The fraction of sp³-hybridized carbons (Fsp3) is 0.588. The molecule has 0 saturated heterocycles. The SMILES string of the molecule is Cc1cc(C)cc(CC(C)NC(=O)N(C)C(C)CS(C)(=O)=O)c1. The Morgan fingerprint density at radius 3 is 2.17 bits per heavy atom. The molecule has 1 aromatic rings. The molecular formula is C17H28N2O3S. The summed E-state index contributed by atoms with van der Waals surface area (Å²) in [5.41, 5.74) is 3.59. The van der Waals surface area contributed by atoms with E-state index in [2.05, 4.69) is 37.4 Å². The van der Waals surface area contributed by atoms with Crippen LogP contribution in [0.25, 0.3) is 0 Å². The van der Waals surface area contributed by atoms with Gasteiger partial charge in [-0.1, -0.05) is 29.3 Å². The third kappa shape index (κ3) is 7.03. The average molecular weight is 340 g/mol. The van der Waals surface area contributed by atoms with E-state index in [1.54, 1.807) is 14.0 Å². The van der Waals surface area contributed by atoms with Crippen LogP contribution in [0.3, 0.4) is 0 Å². The first-order valence-electron chi connectivity index (χ1n) is 7.76. The van der Waals surface area contributed by atoms with Gasteiger partial charge in [-0.2, -0.15) is 0 Å². The fourth-order valence-corrected chi connectivity index (χ4v) is 3.75. The highest BCUT2D eigenvalue weighted by Crippen LogP contribution is 2.11. The van der Waals surface area contributed by atoms with Crippen molar-refractivity contribution in [2.24, 2.45) is 0 Å². The first-order chi connectivity index (χ1) is 10.5. The summed E-state index contributed by atoms with van der Waals surface area (Å²) in [7, 11) is -1.49. The maximum atomic E-state index is 12.2. The van der Waals surface area contributed by atoms with E-state index >= 15 is 0 Å². The molecule has 130 valence electrons. The quantitative estimate of drug-likeness (QED) is 0.864. The summed E-state index contributed by atoms with van der Waals surface area (Å²) in [6.45, 7) is 7.79. The number of amides is 2. The molecule has 0 aliphatic heterocycles. The van der Waals surface area contributed by atoms with Crippen LogP contribution < -0.4 is 5.32 Å². The molecule has 0 fully saturated rings. The van der Waals surface area contributed by atoms with Crippen LogP contribution >= 0.6 is 0 Å². The van der Waals surface area contributed by atoms with E-state index in [1.165, 1.54) is 27.8 Å². The summed E-state index contributed by atoms with van der Waals surface area (Å²) in [5.74, 6) is -0.0393. The first kappa shape index (κ1) is 19.5. The Bertz CT molecular complexity index is 636. The minimum Gasteiger partial charge on any atom is -0.335 e. The molecule has 0 bridgehead atoms. The lowest BCUT2D eigenvalue weighted by atomic mass is 10.0. The predicted octanol–water partition coefficient (Wildman–Crippen LogP) is 2.31. The van der Waals surface area contributed by atoms with Gasteiger partial charge in [0.2, 0.25) is 0 Å². The second-order valence-electron chi connectivity index (χ2n) is 6.60. The lowest BCUT2D eigenvalue weighted by Crippen LogP contribution is -2.48. The third-order valence-electron chi connectivity index (χ3n) is 3.72. The van der Waals surface area contributed by atoms with E-state index in [9.17, 15) is 13.2 Å². The van der Waals surface area contributed by atoms with Gasteiger partial charge in [-0.25, -0.2) is 13.2 Å². The Morgan fingerprint density at radius 2 is 1.70 bits per heavy atom. The minimum absolute atomic E-state index is 0.0309. The highest BCUT2D eigenvalue weighted by molar-refractivity contribution is 7.90. The third-order valence-corrected chi connectivity index (χ3v) is 4.81. The molecule has 0 aliphatic rings. The zero-order valence-corrected chi connectivity index (χ0v) is 15.7. The molecule has 0 spiro atoms. The summed E-state index contributed by atoms with van der Waals surface area (Å²) in [5, 5.41) is 2.93. The molecule has 0 radical (unpaired) electrons. The molecule has 1 rings (SSSR count). The smallest absolute Gasteiger partial charge is 0.317 e. The van der Waals surface area contributed by atoms with Crippen LogP contribution in [0.4, 0.5) is 4.79 Å². The number of nitrogens with zero attached hydrogens (tertiary/aromatic N) is 1. The number of nitrogens with one attached hydrogen (secondary N) is 1. The molecule has 0 aromatic heterocycles. The van der Waals surface area contributed by atoms with Gasteiger partial charge in [-0.3, -0.25) is 0 Å². The number of carbonyl (C=O) groups excluding carboxylic acids is 1. The summed E-state index contributed by atoms with van der Waals surface area (Å²) in [6.07, 6.45) is 1.92. The zero-order valence-electron chi connectivity index (χ0n) is 14.9. The molecule has 23 heavy (non-hydrogen) atoms. The van der Waals surface area contributed by atoms with Crippen molar-refractivity contribution >= 4 is 15.9 Å². The van der Waals surface area contributed by atoms with Gasteiger partial charge in [0, 0.05) is 25.4 Å². The first-order valence-corrected chi connectivity index (χ1v) is 9.82. The summed E-state index contributed by atoms with van der Waals surface area (Å²) < 4.78 is 22.7. The standard InChI is InChI=1S/C17H28N2O3S/c1-12-7-13(2)9-16(8-12)10-14(3)18-17(20)19(5)15(4)11-23(6,21)22/h7-9,14-15H,10-11H2,1-6H3,(H,18,20). The van der Waals surface area contributed by atoms with Crippen LogP contribution in [0.15, 0.2) is 18.2 Å². The lowest BCUT2D eigenvalue weighted by Gasteiger charge is -2.26. The number of carbonyl (C=O) groups is 1. The highest BCUT2D eigenvalue weighted by Gasteiger charge is 2.20. The molecule has 2 atom stereocenters. The Hall–Kier alpha value is -1.56. The van der Waals surface area contributed by atoms with Crippen molar-refractivity contribution in [3.63, 3.8) is 0 Å². The Labute approximate surface area is 140 Å². The second kappa shape index (κ2) is 7.81. The fourth-order valence-electron chi connectivity index (χ4n) is 2.65. The van der Waals surface area contributed by atoms with Gasteiger partial charge in [-0.15, -0.1) is 0 Å². The van der Waals surface area contributed by atoms with Crippen molar-refractivity contribution in [3.05, 3.63) is 34.9 Å². The monoisotopic (exact) mass is 340 g/mol. The van der Waals surface area contributed by atoms with Crippen molar-refractivity contribution in [1.29, 1.82) is 0 Å². The number of benzene rings is 1. The number of aryl methyl sites for hydroxylation is 2. The lowest BCUT2D eigenvalue weighted by molar-refractivity contribution is 0.194. The van der Waals surface area contributed by atoms with Crippen LogP contribution in [0.1, 0.15) is 30.5 Å². The Morgan fingerprint density at radius 1 is 1.17 bits per heavy atom. The van der Waals surface area contributed by atoms with Crippen LogP contribution in [0, 0.1) is 13.8 Å². The van der Waals surface area contributed by atoms with Gasteiger partial charge < -0.3 is 10.2 Å². The highest BCUT2D eigenvalue weighted by atomic mass is 32.2. The Balaban J connectivity index is 2.62. The van der Waals surface area contributed by atoms with E-state index in [4.69, 9.17) is 0 Å². The van der Waals surface area contributed by atoms with E-state index in [0.29, 0.717) is 0 Å². The van der Waals surface area contributed by atoms with Crippen molar-refractivity contribution in [3.8, 4) is 0 Å². The number of urea groups is 1. The van der Waals surface area contributed by atoms with Crippen LogP contribution in [-0.2, 0) is 16.3 Å². The van der Waals surface area contributed by atoms with Gasteiger partial charge >= 0.3 is 6.03 Å². The van der Waals surface area contributed by atoms with Gasteiger partial charge in [0.1, 0.15) is 9.84 Å². The minimum atomic E-state index is -3.11. The average Bonchev–Trinajstić information content (AvgIpc) is 2.33. The van der Waals surface area contributed by atoms with Gasteiger partial charge in [0.05, 0.1) is 5.75 Å². The van der Waals surface area contributed by atoms with Crippen molar-refractivity contribution < 1.29 is 13.2 Å². The largest absolute Gasteiger partial charge is 0.335 e. The van der Waals surface area contributed by atoms with Gasteiger partial charge in [0.25, 0.3) is 0 Å². The van der Waals surface area contributed by atoms with Crippen LogP contribution in [0.5, 0.6) is 0 Å². The normalized spacial score (nSPS) is 14.2. The molecule has 0 saturated carbocycles. The molecule has 2 amide bonds. The molecule has 6 heteroatoms. The summed E-state index contributed by atoms with van der Waals surface area (Å²) in [6, 6.07) is 5.71. The molecule has 0 heterocycles. The summed E-state index contributed by atoms with van der Waals surface area (Å²) in [4.78, 5) is 13.7. The molecule has 2 unspecified atom stereocenters. The molecule has 0 aliphatic carbocycles. The maximum absolute atomic E-state index is 12.2. The molecule has 1 aromatic carbocycles. The van der Waals surface area contributed by atoms with Crippen LogP contribution in [-0.4, -0.2) is 50.5 Å². The number of sulfone groups is 1.